The summed E-state index contributed by atoms with van der Waals surface area (Å²) in [5.74, 6) is 2.04. The zero-order valence-electron chi connectivity index (χ0n) is 15.1. The molecule has 0 saturated heterocycles. The van der Waals surface area contributed by atoms with Crippen LogP contribution in [0.1, 0.15) is 29.1 Å². The third-order valence-electron chi connectivity index (χ3n) is 3.91. The van der Waals surface area contributed by atoms with Crippen LogP contribution in [0.5, 0.6) is 0 Å². The largest absolute Gasteiger partial charge is 0.410 e. The Morgan fingerprint density at radius 2 is 1.89 bits per heavy atom. The molecule has 0 aliphatic heterocycles. The number of thiazole rings is 1. The molecule has 138 valence electrons. The van der Waals surface area contributed by atoms with Crippen molar-refractivity contribution < 1.29 is 8.94 Å². The molecule has 0 saturated carbocycles. The van der Waals surface area contributed by atoms with Gasteiger partial charge in [-0.15, -0.1) is 21.5 Å². The molecule has 0 atom stereocenters. The van der Waals surface area contributed by atoms with E-state index >= 15 is 0 Å². The maximum atomic E-state index is 5.72. The second-order valence-electron chi connectivity index (χ2n) is 5.87. The minimum atomic E-state index is 0.461. The summed E-state index contributed by atoms with van der Waals surface area (Å²) in [6, 6.07) is 8.15. The first-order valence-corrected chi connectivity index (χ1v) is 10.2. The van der Waals surface area contributed by atoms with Gasteiger partial charge in [-0.05, 0) is 25.8 Å². The zero-order chi connectivity index (χ0) is 18.8. The highest BCUT2D eigenvalue weighted by molar-refractivity contribution is 7.98. The lowest BCUT2D eigenvalue weighted by Crippen LogP contribution is -1.84. The maximum absolute atomic E-state index is 5.72. The molecule has 27 heavy (non-hydrogen) atoms. The number of rotatable bonds is 6. The Hall–Kier alpha value is -2.52. The highest BCUT2D eigenvalue weighted by atomic mass is 32.2. The molecule has 0 unspecified atom stereocenters. The van der Waals surface area contributed by atoms with Crippen LogP contribution in [0.2, 0.25) is 0 Å². The molecule has 3 heterocycles. The first kappa shape index (κ1) is 17.9. The Labute approximate surface area is 164 Å². The number of thioether (sulfide) groups is 1. The molecule has 1 aromatic carbocycles. The van der Waals surface area contributed by atoms with Gasteiger partial charge in [0.1, 0.15) is 4.88 Å². The van der Waals surface area contributed by atoms with Gasteiger partial charge in [-0.25, -0.2) is 4.98 Å². The monoisotopic (exact) mass is 399 g/mol. The number of hydrogen-bond donors (Lipinski definition) is 0. The molecular formula is C18H17N5O2S2. The van der Waals surface area contributed by atoms with E-state index in [0.29, 0.717) is 28.6 Å². The van der Waals surface area contributed by atoms with Crippen molar-refractivity contribution in [3.05, 3.63) is 46.4 Å². The minimum absolute atomic E-state index is 0.461. The summed E-state index contributed by atoms with van der Waals surface area (Å²) >= 11 is 2.91. The fourth-order valence-electron chi connectivity index (χ4n) is 2.53. The van der Waals surface area contributed by atoms with Crippen LogP contribution in [-0.4, -0.2) is 25.3 Å². The Morgan fingerprint density at radius 3 is 2.59 bits per heavy atom. The lowest BCUT2D eigenvalue weighted by molar-refractivity contribution is 0.391. The quantitative estimate of drug-likeness (QED) is 0.430. The van der Waals surface area contributed by atoms with E-state index in [4.69, 9.17) is 8.94 Å². The van der Waals surface area contributed by atoms with Crippen molar-refractivity contribution >= 4 is 23.1 Å². The van der Waals surface area contributed by atoms with Crippen LogP contribution in [0, 0.1) is 13.8 Å². The Bertz CT molecular complexity index is 1050. The highest BCUT2D eigenvalue weighted by Gasteiger charge is 2.16. The second-order valence-corrected chi connectivity index (χ2v) is 8.00. The molecular weight excluding hydrogens is 382 g/mol. The van der Waals surface area contributed by atoms with Gasteiger partial charge in [0.2, 0.25) is 11.7 Å². The SMILES string of the molecule is CCc1ccc(-c2noc(CSc3nnc(-c4sc(C)nc4C)o3)n2)cc1. The summed E-state index contributed by atoms with van der Waals surface area (Å²) in [5.41, 5.74) is 3.10. The number of nitrogens with zero attached hydrogens (tertiary/aromatic N) is 5. The van der Waals surface area contributed by atoms with Crippen molar-refractivity contribution in [1.82, 2.24) is 25.3 Å². The van der Waals surface area contributed by atoms with Gasteiger partial charge in [0.05, 0.1) is 16.5 Å². The lowest BCUT2D eigenvalue weighted by atomic mass is 10.1. The molecule has 0 spiro atoms. The van der Waals surface area contributed by atoms with Gasteiger partial charge in [0.25, 0.3) is 11.1 Å². The van der Waals surface area contributed by atoms with Gasteiger partial charge in [0, 0.05) is 5.56 Å². The van der Waals surface area contributed by atoms with E-state index in [1.807, 2.05) is 26.0 Å². The van der Waals surface area contributed by atoms with Gasteiger partial charge in [-0.2, -0.15) is 4.98 Å². The molecule has 0 bridgehead atoms. The summed E-state index contributed by atoms with van der Waals surface area (Å²) in [6.07, 6.45) is 1.00. The van der Waals surface area contributed by atoms with E-state index < -0.39 is 0 Å². The first-order chi connectivity index (χ1) is 13.1. The zero-order valence-corrected chi connectivity index (χ0v) is 16.7. The second kappa shape index (κ2) is 7.61. The first-order valence-electron chi connectivity index (χ1n) is 8.45. The van der Waals surface area contributed by atoms with Crippen molar-refractivity contribution in [2.45, 2.75) is 38.2 Å². The van der Waals surface area contributed by atoms with Gasteiger partial charge in [0.15, 0.2) is 0 Å². The van der Waals surface area contributed by atoms with Crippen LogP contribution in [-0.2, 0) is 12.2 Å². The van der Waals surface area contributed by atoms with Crippen molar-refractivity contribution in [1.29, 1.82) is 0 Å². The van der Waals surface area contributed by atoms with Gasteiger partial charge in [-0.3, -0.25) is 0 Å². The molecule has 7 nitrogen and oxygen atoms in total. The summed E-state index contributed by atoms with van der Waals surface area (Å²) < 4.78 is 11.1. The van der Waals surface area contributed by atoms with Crippen molar-refractivity contribution in [2.24, 2.45) is 0 Å². The molecule has 4 aromatic rings. The number of benzene rings is 1. The van der Waals surface area contributed by atoms with Crippen molar-refractivity contribution in [3.63, 3.8) is 0 Å². The fraction of sp³-hybridized carbons (Fsp3) is 0.278. The van der Waals surface area contributed by atoms with E-state index in [1.165, 1.54) is 17.3 Å². The summed E-state index contributed by atoms with van der Waals surface area (Å²) in [7, 11) is 0. The van der Waals surface area contributed by atoms with E-state index in [2.05, 4.69) is 44.4 Å². The van der Waals surface area contributed by atoms with Crippen LogP contribution in [0.4, 0.5) is 0 Å². The predicted octanol–water partition coefficient (Wildman–Crippen LogP) is 4.71. The molecule has 0 aliphatic carbocycles. The topological polar surface area (TPSA) is 90.7 Å². The third kappa shape index (κ3) is 3.93. The molecule has 0 radical (unpaired) electrons. The van der Waals surface area contributed by atoms with Gasteiger partial charge >= 0.3 is 0 Å². The van der Waals surface area contributed by atoms with Crippen LogP contribution in [0.25, 0.3) is 22.2 Å². The summed E-state index contributed by atoms with van der Waals surface area (Å²) in [5, 5.41) is 13.7. The summed E-state index contributed by atoms with van der Waals surface area (Å²) in [4.78, 5) is 9.73. The van der Waals surface area contributed by atoms with E-state index in [1.54, 1.807) is 11.3 Å². The Morgan fingerprint density at radius 1 is 1.07 bits per heavy atom. The molecule has 0 amide bonds. The summed E-state index contributed by atoms with van der Waals surface area (Å²) in [6.45, 7) is 6.01. The molecule has 0 fully saturated rings. The van der Waals surface area contributed by atoms with Crippen LogP contribution >= 0.6 is 23.1 Å². The van der Waals surface area contributed by atoms with Crippen LogP contribution < -0.4 is 0 Å². The van der Waals surface area contributed by atoms with E-state index in [0.717, 1.165) is 27.6 Å². The van der Waals surface area contributed by atoms with Crippen LogP contribution in [0.3, 0.4) is 0 Å². The Kier molecular flexibility index (Phi) is 5.04. The standard InChI is InChI=1S/C18H17N5O2S2/c1-4-12-5-7-13(8-6-12)16-20-14(25-23-16)9-26-18-22-21-17(24-18)15-10(2)19-11(3)27-15/h5-8H,4,9H2,1-3H3. The van der Waals surface area contributed by atoms with E-state index in [9.17, 15) is 0 Å². The maximum Gasteiger partial charge on any atom is 0.277 e. The number of aryl methyl sites for hydroxylation is 3. The minimum Gasteiger partial charge on any atom is -0.410 e. The molecule has 0 N–H and O–H groups in total. The fourth-order valence-corrected chi connectivity index (χ4v) is 3.98. The molecule has 9 heteroatoms. The lowest BCUT2D eigenvalue weighted by Gasteiger charge is -1.97. The van der Waals surface area contributed by atoms with Crippen LogP contribution in [0.15, 0.2) is 38.4 Å². The Balaban J connectivity index is 1.42. The normalized spacial score (nSPS) is 11.2. The molecule has 4 rings (SSSR count). The third-order valence-corrected chi connectivity index (χ3v) is 5.78. The highest BCUT2D eigenvalue weighted by Crippen LogP contribution is 2.31. The smallest absolute Gasteiger partial charge is 0.277 e. The predicted molar refractivity (Wildman–Crippen MR) is 104 cm³/mol. The molecule has 3 aromatic heterocycles. The number of hydrogen-bond acceptors (Lipinski definition) is 9. The van der Waals surface area contributed by atoms with Crippen molar-refractivity contribution in [2.75, 3.05) is 0 Å². The molecule has 0 aliphatic rings. The van der Waals surface area contributed by atoms with E-state index in [-0.39, 0.29) is 0 Å². The average molecular weight is 400 g/mol. The van der Waals surface area contributed by atoms with Gasteiger partial charge in [-0.1, -0.05) is 48.1 Å². The average Bonchev–Trinajstić information content (AvgIpc) is 3.40. The van der Waals surface area contributed by atoms with Gasteiger partial charge < -0.3 is 8.94 Å². The number of aromatic nitrogens is 5. The van der Waals surface area contributed by atoms with Crippen molar-refractivity contribution in [3.8, 4) is 22.2 Å².